The lowest BCUT2D eigenvalue weighted by atomic mass is 9.66. The van der Waals surface area contributed by atoms with Crippen LogP contribution in [0.4, 0.5) is 5.69 Å². The molecule has 2 rings (SSSR count). The van der Waals surface area contributed by atoms with E-state index in [-0.39, 0.29) is 12.5 Å². The molecule has 120 valence electrons. The zero-order valence-electron chi connectivity index (χ0n) is 13.2. The number of amides is 1. The largest absolute Gasteiger partial charge is 0.465 e. The average molecular weight is 324 g/mol. The summed E-state index contributed by atoms with van der Waals surface area (Å²) in [5.41, 5.74) is 1.03. The molecule has 1 aromatic rings. The summed E-state index contributed by atoms with van der Waals surface area (Å²) in [6.45, 7) is 6.05. The zero-order chi connectivity index (χ0) is 16.3. The number of halogens is 1. The molecule has 0 aromatic heterocycles. The van der Waals surface area contributed by atoms with Crippen molar-refractivity contribution >= 4 is 29.2 Å². The number of hydrogen-bond acceptors (Lipinski definition) is 3. The van der Waals surface area contributed by atoms with E-state index in [0.717, 1.165) is 30.5 Å². The van der Waals surface area contributed by atoms with Gasteiger partial charge in [0, 0.05) is 16.1 Å². The number of carbonyl (C=O) groups is 2. The zero-order valence-corrected chi connectivity index (χ0v) is 14.0. The third-order valence-electron chi connectivity index (χ3n) is 4.33. The summed E-state index contributed by atoms with van der Waals surface area (Å²) in [7, 11) is 0. The number of benzene rings is 1. The Morgan fingerprint density at radius 1 is 1.41 bits per heavy atom. The Hall–Kier alpha value is -1.55. The molecule has 1 N–H and O–H groups in total. The molecular weight excluding hydrogens is 302 g/mol. The molecule has 1 amide bonds. The van der Waals surface area contributed by atoms with E-state index in [4.69, 9.17) is 16.3 Å². The molecule has 1 aliphatic heterocycles. The van der Waals surface area contributed by atoms with Crippen LogP contribution in [0.2, 0.25) is 5.02 Å². The van der Waals surface area contributed by atoms with Crippen LogP contribution in [0, 0.1) is 5.92 Å². The Labute approximate surface area is 136 Å². The van der Waals surface area contributed by atoms with Crippen LogP contribution in [0.25, 0.3) is 0 Å². The number of anilines is 1. The van der Waals surface area contributed by atoms with Crippen molar-refractivity contribution in [1.82, 2.24) is 0 Å². The maximum atomic E-state index is 12.5. The molecule has 0 spiro atoms. The second-order valence-corrected chi connectivity index (χ2v) is 6.32. The summed E-state index contributed by atoms with van der Waals surface area (Å²) in [5, 5.41) is 3.41. The van der Waals surface area contributed by atoms with Gasteiger partial charge in [-0.1, -0.05) is 38.3 Å². The summed E-state index contributed by atoms with van der Waals surface area (Å²) in [4.78, 5) is 24.9. The molecule has 1 aromatic carbocycles. The number of nitrogens with one attached hydrogen (secondary N) is 1. The predicted octanol–water partition coefficient (Wildman–Crippen LogP) is 3.92. The van der Waals surface area contributed by atoms with E-state index in [0.29, 0.717) is 5.02 Å². The van der Waals surface area contributed by atoms with Crippen molar-refractivity contribution in [2.45, 2.75) is 45.4 Å². The minimum Gasteiger partial charge on any atom is -0.465 e. The molecule has 1 heterocycles. The first-order chi connectivity index (χ1) is 10.4. The molecule has 0 radical (unpaired) electrons. The molecule has 0 saturated carbocycles. The fourth-order valence-electron chi connectivity index (χ4n) is 3.16. The van der Waals surface area contributed by atoms with Crippen LogP contribution in [0.15, 0.2) is 18.2 Å². The van der Waals surface area contributed by atoms with Gasteiger partial charge in [-0.15, -0.1) is 0 Å². The molecular formula is C17H22ClNO3. The first-order valence-corrected chi connectivity index (χ1v) is 8.09. The average Bonchev–Trinajstić information content (AvgIpc) is 2.46. The lowest BCUT2D eigenvalue weighted by Gasteiger charge is -2.41. The minimum atomic E-state index is -0.843. The number of fused-ring (bicyclic) bond motifs is 1. The Morgan fingerprint density at radius 3 is 2.77 bits per heavy atom. The van der Waals surface area contributed by atoms with Gasteiger partial charge in [0.05, 0.1) is 6.61 Å². The molecule has 5 heteroatoms. The summed E-state index contributed by atoms with van der Waals surface area (Å²) in [5.74, 6) is -1.61. The number of rotatable bonds is 5. The second kappa shape index (κ2) is 6.69. The fourth-order valence-corrected chi connectivity index (χ4v) is 3.34. The molecule has 2 atom stereocenters. The lowest BCUT2D eigenvalue weighted by molar-refractivity contribution is -0.154. The number of esters is 1. The maximum Gasteiger partial charge on any atom is 0.319 e. The van der Waals surface area contributed by atoms with Crippen molar-refractivity contribution in [1.29, 1.82) is 0 Å². The van der Waals surface area contributed by atoms with Gasteiger partial charge in [0.2, 0.25) is 5.91 Å². The Bertz CT molecular complexity index is 587. The van der Waals surface area contributed by atoms with E-state index in [2.05, 4.69) is 12.2 Å². The summed E-state index contributed by atoms with van der Waals surface area (Å²) < 4.78 is 5.14. The van der Waals surface area contributed by atoms with E-state index in [1.54, 1.807) is 19.1 Å². The molecule has 1 aliphatic rings. The number of ether oxygens (including phenoxy) is 1. The van der Waals surface area contributed by atoms with Gasteiger partial charge >= 0.3 is 5.97 Å². The van der Waals surface area contributed by atoms with Crippen molar-refractivity contribution in [3.8, 4) is 0 Å². The maximum absolute atomic E-state index is 12.5. The molecule has 0 saturated heterocycles. The van der Waals surface area contributed by atoms with Crippen molar-refractivity contribution in [3.05, 3.63) is 28.8 Å². The van der Waals surface area contributed by atoms with Crippen LogP contribution >= 0.6 is 11.6 Å². The highest BCUT2D eigenvalue weighted by molar-refractivity contribution is 6.30. The Balaban J connectivity index is 2.53. The topological polar surface area (TPSA) is 55.4 Å². The highest BCUT2D eigenvalue weighted by Gasteiger charge is 2.50. The SMILES string of the molecule is CCCCC1(C)c2cc(Cl)ccc2NC(=O)C1C(=O)OCC. The van der Waals surface area contributed by atoms with Crippen molar-refractivity contribution in [3.63, 3.8) is 0 Å². The van der Waals surface area contributed by atoms with Crippen LogP contribution < -0.4 is 5.32 Å². The van der Waals surface area contributed by atoms with Gasteiger partial charge in [-0.25, -0.2) is 0 Å². The smallest absolute Gasteiger partial charge is 0.319 e. The fraction of sp³-hybridized carbons (Fsp3) is 0.529. The number of carbonyl (C=O) groups excluding carboxylic acids is 2. The van der Waals surface area contributed by atoms with Crippen LogP contribution in [0.5, 0.6) is 0 Å². The molecule has 22 heavy (non-hydrogen) atoms. The molecule has 2 unspecified atom stereocenters. The number of unbranched alkanes of at least 4 members (excludes halogenated alkanes) is 1. The van der Waals surface area contributed by atoms with Gasteiger partial charge in [-0.05, 0) is 37.1 Å². The highest BCUT2D eigenvalue weighted by atomic mass is 35.5. The quantitative estimate of drug-likeness (QED) is 0.660. The van der Waals surface area contributed by atoms with Crippen molar-refractivity contribution < 1.29 is 14.3 Å². The van der Waals surface area contributed by atoms with Crippen LogP contribution in [-0.4, -0.2) is 18.5 Å². The first kappa shape index (κ1) is 16.8. The van der Waals surface area contributed by atoms with Crippen molar-refractivity contribution in [2.24, 2.45) is 5.92 Å². The third kappa shape index (κ3) is 2.98. The predicted molar refractivity (Wildman–Crippen MR) is 87.1 cm³/mol. The summed E-state index contributed by atoms with van der Waals surface area (Å²) >= 11 is 6.13. The third-order valence-corrected chi connectivity index (χ3v) is 4.56. The second-order valence-electron chi connectivity index (χ2n) is 5.89. The summed E-state index contributed by atoms with van der Waals surface area (Å²) in [6.07, 6.45) is 2.64. The van der Waals surface area contributed by atoms with E-state index >= 15 is 0 Å². The van der Waals surface area contributed by atoms with Gasteiger partial charge in [0.25, 0.3) is 0 Å². The van der Waals surface area contributed by atoms with Gasteiger partial charge in [-0.3, -0.25) is 9.59 Å². The first-order valence-electron chi connectivity index (χ1n) is 7.71. The monoisotopic (exact) mass is 323 g/mol. The highest BCUT2D eigenvalue weighted by Crippen LogP contribution is 2.46. The molecule has 4 nitrogen and oxygen atoms in total. The van der Waals surface area contributed by atoms with Gasteiger partial charge in [0.1, 0.15) is 5.92 Å². The van der Waals surface area contributed by atoms with Gasteiger partial charge < -0.3 is 10.1 Å². The molecule has 0 aliphatic carbocycles. The Morgan fingerprint density at radius 2 is 2.14 bits per heavy atom. The normalized spacial score (nSPS) is 23.6. The lowest BCUT2D eigenvalue weighted by Crippen LogP contribution is -2.49. The van der Waals surface area contributed by atoms with Crippen molar-refractivity contribution in [2.75, 3.05) is 11.9 Å². The Kier molecular flexibility index (Phi) is 5.12. The van der Waals surface area contributed by atoms with E-state index in [1.807, 2.05) is 13.0 Å². The van der Waals surface area contributed by atoms with E-state index in [1.165, 1.54) is 0 Å². The van der Waals surface area contributed by atoms with Crippen LogP contribution in [-0.2, 0) is 19.7 Å². The van der Waals surface area contributed by atoms with E-state index < -0.39 is 17.3 Å². The van der Waals surface area contributed by atoms with Crippen LogP contribution in [0.1, 0.15) is 45.6 Å². The molecule has 0 fully saturated rings. The van der Waals surface area contributed by atoms with Crippen LogP contribution in [0.3, 0.4) is 0 Å². The number of hydrogen-bond donors (Lipinski definition) is 1. The molecule has 0 bridgehead atoms. The van der Waals surface area contributed by atoms with Gasteiger partial charge in [0.15, 0.2) is 0 Å². The minimum absolute atomic E-state index is 0.259. The van der Waals surface area contributed by atoms with Gasteiger partial charge in [-0.2, -0.15) is 0 Å². The summed E-state index contributed by atoms with van der Waals surface area (Å²) in [6, 6.07) is 5.38. The van der Waals surface area contributed by atoms with E-state index in [9.17, 15) is 9.59 Å². The standard InChI is InChI=1S/C17H22ClNO3/c1-4-6-9-17(3)12-10-11(18)7-8-13(12)19-15(20)14(17)16(21)22-5-2/h7-8,10,14H,4-6,9H2,1-3H3,(H,19,20).